The number of carbonyl (C=O) groups excluding carboxylic acids is 2. The van der Waals surface area contributed by atoms with Gasteiger partial charge in [-0.15, -0.1) is 0 Å². The Bertz CT molecular complexity index is 1970. The van der Waals surface area contributed by atoms with Crippen LogP contribution >= 0.6 is 0 Å². The Labute approximate surface area is 269 Å². The SMILES string of the molecule is COc1cccc(F)c1-c1nccc(C(=O)Nc2ccc(-c3cnccc3C#N)c(OC(=O)N3CCNC[C@@H]3COS(C)(=O)=O)c2)n1. The first-order chi connectivity index (χ1) is 22.6. The van der Waals surface area contributed by atoms with E-state index in [2.05, 4.69) is 31.7 Å². The molecule has 0 radical (unpaired) electrons. The number of ether oxygens (including phenoxy) is 2. The van der Waals surface area contributed by atoms with Gasteiger partial charge in [-0.2, -0.15) is 13.7 Å². The molecule has 2 aromatic heterocycles. The van der Waals surface area contributed by atoms with Crippen LogP contribution in [0.2, 0.25) is 0 Å². The quantitative estimate of drug-likeness (QED) is 0.250. The molecule has 242 valence electrons. The third-order valence-electron chi connectivity index (χ3n) is 7.03. The molecule has 2 aromatic carbocycles. The molecule has 1 atom stereocenters. The smallest absolute Gasteiger partial charge is 0.415 e. The number of benzene rings is 2. The first kappa shape index (κ1) is 32.9. The van der Waals surface area contributed by atoms with E-state index in [1.165, 1.54) is 67.0 Å². The minimum atomic E-state index is -3.76. The summed E-state index contributed by atoms with van der Waals surface area (Å²) in [6.07, 6.45) is 4.30. The van der Waals surface area contributed by atoms with E-state index >= 15 is 0 Å². The highest BCUT2D eigenvalue weighted by molar-refractivity contribution is 7.85. The maximum atomic E-state index is 14.7. The van der Waals surface area contributed by atoms with Gasteiger partial charge in [-0.05, 0) is 36.4 Å². The van der Waals surface area contributed by atoms with Gasteiger partial charge in [-0.1, -0.05) is 6.07 Å². The highest BCUT2D eigenvalue weighted by Crippen LogP contribution is 2.35. The minimum absolute atomic E-state index is 0.0128. The van der Waals surface area contributed by atoms with Crippen LogP contribution in [0, 0.1) is 17.1 Å². The number of carbonyl (C=O) groups is 2. The molecule has 16 heteroatoms. The predicted octanol–water partition coefficient (Wildman–Crippen LogP) is 3.23. The molecular formula is C31H28FN7O7S. The van der Waals surface area contributed by atoms with Crippen molar-refractivity contribution in [2.24, 2.45) is 0 Å². The average molecular weight is 662 g/mol. The Hall–Kier alpha value is -5.50. The van der Waals surface area contributed by atoms with Crippen molar-refractivity contribution in [2.45, 2.75) is 6.04 Å². The zero-order valence-corrected chi connectivity index (χ0v) is 26.0. The number of pyridine rings is 1. The molecule has 0 aliphatic carbocycles. The third-order valence-corrected chi connectivity index (χ3v) is 7.60. The lowest BCUT2D eigenvalue weighted by Crippen LogP contribution is -2.56. The lowest BCUT2D eigenvalue weighted by atomic mass is 10.0. The molecule has 0 saturated carbocycles. The summed E-state index contributed by atoms with van der Waals surface area (Å²) in [5.74, 6) is -1.20. The number of hydrogen-bond acceptors (Lipinski definition) is 12. The second-order valence-corrected chi connectivity index (χ2v) is 11.8. The molecule has 5 rings (SSSR count). The van der Waals surface area contributed by atoms with Crippen molar-refractivity contribution < 1.29 is 36.1 Å². The van der Waals surface area contributed by atoms with Crippen LogP contribution in [0.25, 0.3) is 22.5 Å². The summed E-state index contributed by atoms with van der Waals surface area (Å²) in [5.41, 5.74) is 1.05. The van der Waals surface area contributed by atoms with Crippen LogP contribution in [0.3, 0.4) is 0 Å². The average Bonchev–Trinajstić information content (AvgIpc) is 3.07. The third kappa shape index (κ3) is 7.84. The summed E-state index contributed by atoms with van der Waals surface area (Å²) in [6, 6.07) is 13.0. The van der Waals surface area contributed by atoms with Gasteiger partial charge in [0.2, 0.25) is 0 Å². The van der Waals surface area contributed by atoms with Crippen LogP contribution in [-0.4, -0.2) is 85.9 Å². The Morgan fingerprint density at radius 3 is 2.74 bits per heavy atom. The number of piperazine rings is 1. The molecule has 1 aliphatic heterocycles. The zero-order chi connectivity index (χ0) is 33.6. The van der Waals surface area contributed by atoms with E-state index in [9.17, 15) is 27.7 Å². The maximum Gasteiger partial charge on any atom is 0.415 e. The number of halogens is 1. The Kier molecular flexibility index (Phi) is 10.00. The van der Waals surface area contributed by atoms with E-state index in [0.29, 0.717) is 17.7 Å². The van der Waals surface area contributed by atoms with Crippen LogP contribution < -0.4 is 20.1 Å². The van der Waals surface area contributed by atoms with E-state index < -0.39 is 34.0 Å². The van der Waals surface area contributed by atoms with Crippen molar-refractivity contribution in [2.75, 3.05) is 44.9 Å². The van der Waals surface area contributed by atoms with Crippen LogP contribution in [0.5, 0.6) is 11.5 Å². The second kappa shape index (κ2) is 14.3. The van der Waals surface area contributed by atoms with Crippen molar-refractivity contribution in [3.8, 4) is 40.1 Å². The molecule has 0 spiro atoms. The second-order valence-electron chi connectivity index (χ2n) is 10.2. The Morgan fingerprint density at radius 1 is 1.15 bits per heavy atom. The van der Waals surface area contributed by atoms with Crippen LogP contribution in [0.1, 0.15) is 16.1 Å². The summed E-state index contributed by atoms with van der Waals surface area (Å²) in [4.78, 5) is 40.6. The molecule has 1 aliphatic rings. The fourth-order valence-electron chi connectivity index (χ4n) is 4.81. The molecule has 47 heavy (non-hydrogen) atoms. The van der Waals surface area contributed by atoms with E-state index in [1.54, 1.807) is 12.1 Å². The first-order valence-electron chi connectivity index (χ1n) is 14.1. The van der Waals surface area contributed by atoms with Gasteiger partial charge in [0, 0.05) is 61.1 Å². The van der Waals surface area contributed by atoms with Crippen LogP contribution in [-0.2, 0) is 14.3 Å². The molecule has 14 nitrogen and oxygen atoms in total. The number of nitrogens with zero attached hydrogens (tertiary/aromatic N) is 5. The van der Waals surface area contributed by atoms with E-state index in [1.807, 2.05) is 0 Å². The lowest BCUT2D eigenvalue weighted by molar-refractivity contribution is 0.0971. The van der Waals surface area contributed by atoms with Gasteiger partial charge in [0.05, 0.1) is 43.2 Å². The first-order valence-corrected chi connectivity index (χ1v) is 15.9. The molecule has 2 amide bonds. The van der Waals surface area contributed by atoms with Crippen molar-refractivity contribution in [1.82, 2.24) is 25.2 Å². The maximum absolute atomic E-state index is 14.7. The number of anilines is 1. The van der Waals surface area contributed by atoms with Gasteiger partial charge >= 0.3 is 6.09 Å². The van der Waals surface area contributed by atoms with E-state index in [0.717, 1.165) is 6.26 Å². The van der Waals surface area contributed by atoms with Gasteiger partial charge in [-0.3, -0.25) is 18.9 Å². The van der Waals surface area contributed by atoms with Crippen molar-refractivity contribution in [3.63, 3.8) is 0 Å². The number of rotatable bonds is 9. The summed E-state index contributed by atoms with van der Waals surface area (Å²) in [6.45, 7) is 0.592. The number of nitrogens with one attached hydrogen (secondary N) is 2. The van der Waals surface area contributed by atoms with Gasteiger partial charge < -0.3 is 20.1 Å². The lowest BCUT2D eigenvalue weighted by Gasteiger charge is -2.34. The monoisotopic (exact) mass is 661 g/mol. The highest BCUT2D eigenvalue weighted by Gasteiger charge is 2.30. The molecule has 0 bridgehead atoms. The van der Waals surface area contributed by atoms with Gasteiger partial charge in [0.15, 0.2) is 5.82 Å². The summed E-state index contributed by atoms with van der Waals surface area (Å²) >= 11 is 0. The fraction of sp³-hybridized carbons (Fsp3) is 0.226. The molecule has 1 saturated heterocycles. The van der Waals surface area contributed by atoms with Crippen LogP contribution in [0.4, 0.5) is 14.9 Å². The molecule has 2 N–H and O–H groups in total. The number of nitriles is 1. The number of amides is 2. The normalized spacial score (nSPS) is 14.6. The fourth-order valence-corrected chi connectivity index (χ4v) is 5.22. The van der Waals surface area contributed by atoms with Crippen molar-refractivity contribution in [3.05, 3.63) is 84.2 Å². The zero-order valence-electron chi connectivity index (χ0n) is 25.1. The van der Waals surface area contributed by atoms with E-state index in [4.69, 9.17) is 13.7 Å². The van der Waals surface area contributed by atoms with Gasteiger partial charge in [-0.25, -0.2) is 19.2 Å². The largest absolute Gasteiger partial charge is 0.496 e. The molecular weight excluding hydrogens is 633 g/mol. The molecule has 1 fully saturated rings. The molecule has 3 heterocycles. The summed E-state index contributed by atoms with van der Waals surface area (Å²) < 4.78 is 53.9. The van der Waals surface area contributed by atoms with Gasteiger partial charge in [0.25, 0.3) is 16.0 Å². The van der Waals surface area contributed by atoms with Crippen molar-refractivity contribution >= 4 is 27.8 Å². The van der Waals surface area contributed by atoms with E-state index in [-0.39, 0.29) is 59.5 Å². The summed E-state index contributed by atoms with van der Waals surface area (Å²) in [7, 11) is -2.39. The predicted molar refractivity (Wildman–Crippen MR) is 167 cm³/mol. The Balaban J connectivity index is 1.45. The molecule has 0 unspecified atom stereocenters. The summed E-state index contributed by atoms with van der Waals surface area (Å²) in [5, 5.41) is 15.5. The van der Waals surface area contributed by atoms with Crippen LogP contribution in [0.15, 0.2) is 67.1 Å². The van der Waals surface area contributed by atoms with Gasteiger partial charge in [0.1, 0.15) is 23.0 Å². The van der Waals surface area contributed by atoms with Crippen molar-refractivity contribution in [1.29, 1.82) is 5.26 Å². The molecule has 4 aromatic rings. The topological polar surface area (TPSA) is 186 Å². The number of methoxy groups -OCH3 is 1. The standard InChI is InChI=1S/C31H28FN7O7S/c1-44-26-5-3-4-24(32)28(26)29-36-11-9-25(38-29)30(40)37-20-6-7-22(23-17-34-10-8-19(23)15-33)27(14-20)46-31(41)39-13-12-35-16-21(39)18-45-47(2,42)43/h3-11,14,17,21,35H,12-13,16,18H2,1-2H3,(H,37,40)/t21-/m1/s1. The number of aromatic nitrogens is 3. The number of hydrogen-bond donors (Lipinski definition) is 2. The Morgan fingerprint density at radius 2 is 1.98 bits per heavy atom. The minimum Gasteiger partial charge on any atom is -0.496 e. The highest BCUT2D eigenvalue weighted by atomic mass is 32.2.